The minimum absolute atomic E-state index is 0.119. The fourth-order valence-electron chi connectivity index (χ4n) is 4.06. The second-order valence-corrected chi connectivity index (χ2v) is 9.88. The van der Waals surface area contributed by atoms with Crippen LogP contribution in [0.3, 0.4) is 0 Å². The van der Waals surface area contributed by atoms with E-state index in [1.54, 1.807) is 30.3 Å². The standard InChI is InChI=1S/C27H22ClN9O3/c1-4-17-10-19(7-8-22(17)28)33-26-21-12-24(30-14-23(21)31-16-32-26)35-25(38)6-5-9-37(2,3)15-18-11-20(13-29)34-27(18)36(39)40/h1,5-8,10,12,14,16H,9,11,15H2,2-3H3,(H-,30,31,32,33,35,38)/p+1/b6-5+. The molecule has 2 N–H and O–H groups in total. The molecule has 13 heteroatoms. The maximum Gasteiger partial charge on any atom is 0.369 e. The van der Waals surface area contributed by atoms with E-state index in [-0.39, 0.29) is 18.0 Å². The number of carbonyl (C=O) groups is 1. The van der Waals surface area contributed by atoms with Crippen LogP contribution in [0.15, 0.2) is 65.3 Å². The highest BCUT2D eigenvalue weighted by Gasteiger charge is 2.33. The zero-order valence-corrected chi connectivity index (χ0v) is 22.3. The molecule has 2 aromatic heterocycles. The molecular formula is C27H23ClN9O3+. The first kappa shape index (κ1) is 27.9. The van der Waals surface area contributed by atoms with Gasteiger partial charge in [0.05, 0.1) is 49.4 Å². The summed E-state index contributed by atoms with van der Waals surface area (Å²) in [5.41, 5.74) is 2.37. The highest BCUT2D eigenvalue weighted by molar-refractivity contribution is 6.31. The van der Waals surface area contributed by atoms with E-state index >= 15 is 0 Å². The maximum absolute atomic E-state index is 12.6. The number of nitrogens with zero attached hydrogens (tertiary/aromatic N) is 7. The van der Waals surface area contributed by atoms with Gasteiger partial charge in [-0.05, 0) is 40.3 Å². The van der Waals surface area contributed by atoms with E-state index in [2.05, 4.69) is 36.5 Å². The number of quaternary nitrogens is 1. The Morgan fingerprint density at radius 3 is 2.83 bits per heavy atom. The molecule has 0 radical (unpaired) electrons. The van der Waals surface area contributed by atoms with Crippen LogP contribution in [0.25, 0.3) is 10.9 Å². The van der Waals surface area contributed by atoms with Gasteiger partial charge in [0, 0.05) is 22.7 Å². The highest BCUT2D eigenvalue weighted by Crippen LogP contribution is 2.27. The molecule has 1 amide bonds. The number of rotatable bonds is 9. The number of terminal acetylenes is 1. The molecule has 12 nitrogen and oxygen atoms in total. The monoisotopic (exact) mass is 556 g/mol. The number of likely N-dealkylation sites (N-methyl/N-ethyl adjacent to an activating group) is 1. The average molecular weight is 557 g/mol. The van der Waals surface area contributed by atoms with E-state index < -0.39 is 10.8 Å². The van der Waals surface area contributed by atoms with Gasteiger partial charge in [-0.15, -0.1) is 6.42 Å². The number of aliphatic imine (C=N–C) groups is 1. The summed E-state index contributed by atoms with van der Waals surface area (Å²) in [5.74, 6) is 2.62. The molecule has 0 saturated heterocycles. The van der Waals surface area contributed by atoms with Crippen molar-refractivity contribution < 1.29 is 14.2 Å². The van der Waals surface area contributed by atoms with Crippen molar-refractivity contribution in [2.75, 3.05) is 37.8 Å². The first-order valence-electron chi connectivity index (χ1n) is 11.9. The van der Waals surface area contributed by atoms with Crippen LogP contribution < -0.4 is 10.6 Å². The molecule has 1 aliphatic rings. The molecule has 0 unspecified atom stereocenters. The summed E-state index contributed by atoms with van der Waals surface area (Å²) < 4.78 is 0.317. The van der Waals surface area contributed by atoms with Crippen molar-refractivity contribution in [3.8, 4) is 18.4 Å². The van der Waals surface area contributed by atoms with E-state index in [0.717, 1.165) is 0 Å². The molecule has 0 aliphatic carbocycles. The predicted octanol–water partition coefficient (Wildman–Crippen LogP) is 3.83. The number of pyridine rings is 1. The van der Waals surface area contributed by atoms with E-state index in [4.69, 9.17) is 23.3 Å². The SMILES string of the molecule is C#Cc1cc(Nc2ncnc3cnc(NC(=O)/C=C/C[N+](C)(C)CC4=C([N+](=O)[O-])N=C(C#N)C4)cc23)ccc1Cl. The van der Waals surface area contributed by atoms with Gasteiger partial charge < -0.3 is 25.2 Å². The van der Waals surface area contributed by atoms with Gasteiger partial charge in [0.15, 0.2) is 0 Å². The molecule has 0 saturated carbocycles. The van der Waals surface area contributed by atoms with Gasteiger partial charge in [0.1, 0.15) is 30.6 Å². The van der Waals surface area contributed by atoms with Gasteiger partial charge in [-0.2, -0.15) is 5.26 Å². The number of nitriles is 1. The van der Waals surface area contributed by atoms with Gasteiger partial charge in [-0.25, -0.2) is 15.0 Å². The maximum atomic E-state index is 12.6. The number of nitrogens with one attached hydrogen (secondary N) is 2. The molecule has 0 spiro atoms. The molecule has 3 heterocycles. The molecule has 40 heavy (non-hydrogen) atoms. The van der Waals surface area contributed by atoms with Crippen LogP contribution in [0.1, 0.15) is 12.0 Å². The van der Waals surface area contributed by atoms with Gasteiger partial charge in [0.25, 0.3) is 0 Å². The summed E-state index contributed by atoms with van der Waals surface area (Å²) in [5, 5.41) is 27.4. The van der Waals surface area contributed by atoms with Crippen molar-refractivity contribution in [1.29, 1.82) is 5.26 Å². The number of nitro groups is 1. The van der Waals surface area contributed by atoms with Crippen LogP contribution in [0.5, 0.6) is 0 Å². The van der Waals surface area contributed by atoms with Gasteiger partial charge in [0.2, 0.25) is 11.6 Å². The fourth-order valence-corrected chi connectivity index (χ4v) is 4.23. The number of fused-ring (bicyclic) bond motifs is 1. The van der Waals surface area contributed by atoms with E-state index in [9.17, 15) is 14.9 Å². The zero-order valence-electron chi connectivity index (χ0n) is 21.6. The molecule has 200 valence electrons. The number of amides is 1. The first-order valence-corrected chi connectivity index (χ1v) is 12.2. The second-order valence-electron chi connectivity index (χ2n) is 9.47. The molecule has 0 fully saturated rings. The molecular weight excluding hydrogens is 534 g/mol. The van der Waals surface area contributed by atoms with Gasteiger partial charge >= 0.3 is 5.82 Å². The van der Waals surface area contributed by atoms with Crippen LogP contribution in [0.2, 0.25) is 5.02 Å². The Hall–Kier alpha value is -5.17. The Bertz CT molecular complexity index is 1700. The summed E-state index contributed by atoms with van der Waals surface area (Å²) in [4.78, 5) is 39.9. The van der Waals surface area contributed by atoms with E-state index in [0.29, 0.717) is 62.0 Å². The normalized spacial score (nSPS) is 13.2. The van der Waals surface area contributed by atoms with Crippen molar-refractivity contribution in [3.63, 3.8) is 0 Å². The lowest BCUT2D eigenvalue weighted by Gasteiger charge is -2.28. The summed E-state index contributed by atoms with van der Waals surface area (Å²) in [6, 6.07) is 8.71. The van der Waals surface area contributed by atoms with Crippen molar-refractivity contribution in [3.05, 3.63) is 81.0 Å². The third-order valence-corrected chi connectivity index (χ3v) is 6.21. The predicted molar refractivity (Wildman–Crippen MR) is 151 cm³/mol. The van der Waals surface area contributed by atoms with E-state index in [1.165, 1.54) is 18.6 Å². The molecule has 1 aliphatic heterocycles. The number of benzene rings is 1. The van der Waals surface area contributed by atoms with Crippen molar-refractivity contribution in [2.24, 2.45) is 4.99 Å². The Morgan fingerprint density at radius 1 is 1.30 bits per heavy atom. The molecule has 3 aromatic rings. The number of carbonyl (C=O) groups excluding carboxylic acids is 1. The Balaban J connectivity index is 1.43. The second kappa shape index (κ2) is 11.7. The van der Waals surface area contributed by atoms with Crippen molar-refractivity contribution >= 4 is 51.4 Å². The quantitative estimate of drug-likeness (QED) is 0.132. The smallest absolute Gasteiger partial charge is 0.358 e. The molecule has 1 aromatic carbocycles. The lowest BCUT2D eigenvalue weighted by atomic mass is 10.1. The fraction of sp³-hybridized carbons (Fsp3) is 0.185. The van der Waals surface area contributed by atoms with Crippen LogP contribution in [0, 0.1) is 33.8 Å². The minimum Gasteiger partial charge on any atom is -0.358 e. The van der Waals surface area contributed by atoms with Gasteiger partial charge in [-0.1, -0.05) is 17.5 Å². The topological polar surface area (TPSA) is 159 Å². The molecule has 4 rings (SSSR count). The minimum atomic E-state index is -0.574. The largest absolute Gasteiger partial charge is 0.369 e. The van der Waals surface area contributed by atoms with Crippen molar-refractivity contribution in [1.82, 2.24) is 15.0 Å². The Labute approximate surface area is 234 Å². The zero-order chi connectivity index (χ0) is 28.9. The third kappa shape index (κ3) is 6.63. The first-order chi connectivity index (χ1) is 19.1. The average Bonchev–Trinajstić information content (AvgIpc) is 3.32. The number of hydrogen-bond acceptors (Lipinski definition) is 9. The van der Waals surface area contributed by atoms with Crippen LogP contribution in [-0.2, 0) is 4.79 Å². The molecule has 0 atom stereocenters. The summed E-state index contributed by atoms with van der Waals surface area (Å²) in [6.07, 6.45) is 11.6. The highest BCUT2D eigenvalue weighted by atomic mass is 35.5. The number of aromatic nitrogens is 3. The third-order valence-electron chi connectivity index (χ3n) is 5.89. The van der Waals surface area contributed by atoms with Crippen molar-refractivity contribution in [2.45, 2.75) is 6.42 Å². The summed E-state index contributed by atoms with van der Waals surface area (Å²) >= 11 is 6.10. The molecule has 0 bridgehead atoms. The lowest BCUT2D eigenvalue weighted by molar-refractivity contribution is -0.880. The van der Waals surface area contributed by atoms with Crippen LogP contribution >= 0.6 is 11.6 Å². The van der Waals surface area contributed by atoms with Gasteiger partial charge in [-0.3, -0.25) is 4.79 Å². The Morgan fingerprint density at radius 2 is 2.10 bits per heavy atom. The van der Waals surface area contributed by atoms with Crippen LogP contribution in [0.4, 0.5) is 17.3 Å². The summed E-state index contributed by atoms with van der Waals surface area (Å²) in [7, 11) is 3.73. The number of hydrogen-bond donors (Lipinski definition) is 2. The van der Waals surface area contributed by atoms with E-state index in [1.807, 2.05) is 20.2 Å². The number of anilines is 3. The summed E-state index contributed by atoms with van der Waals surface area (Å²) in [6.45, 7) is 0.701. The Kier molecular flexibility index (Phi) is 8.15. The number of halogens is 1. The van der Waals surface area contributed by atoms with Crippen LogP contribution in [-0.4, -0.2) is 63.2 Å². The lowest BCUT2D eigenvalue weighted by Crippen LogP contribution is -2.41.